The lowest BCUT2D eigenvalue weighted by molar-refractivity contribution is 0.329. The van der Waals surface area contributed by atoms with E-state index in [1.54, 1.807) is 39.3 Å². The number of imidazole rings is 1. The molecule has 156 valence electrons. The molecule has 0 saturated carbocycles. The molecule has 0 aliphatic rings. The lowest BCUT2D eigenvalue weighted by atomic mass is 10.3. The van der Waals surface area contributed by atoms with Crippen molar-refractivity contribution in [2.75, 3.05) is 24.4 Å². The number of rotatable bonds is 9. The Kier molecular flexibility index (Phi) is 6.73. The van der Waals surface area contributed by atoms with E-state index < -0.39 is 20.0 Å². The standard InChI is InChI=1S/C17H26N4O5S2/c1-6-21(7-2)28(24,25)16-11-14(9-10-15(16)26-8-3)19-27(22,23)17-12-20(5)13(4)18-17/h9-12,19H,6-8H2,1-5H3. The summed E-state index contributed by atoms with van der Waals surface area (Å²) in [6, 6.07) is 4.17. The normalized spacial score (nSPS) is 12.4. The molecule has 1 N–H and O–H groups in total. The fourth-order valence-corrected chi connectivity index (χ4v) is 5.32. The number of nitrogens with one attached hydrogen (secondary N) is 1. The molecule has 28 heavy (non-hydrogen) atoms. The van der Waals surface area contributed by atoms with E-state index in [4.69, 9.17) is 4.74 Å². The molecule has 11 heteroatoms. The van der Waals surface area contributed by atoms with E-state index in [9.17, 15) is 16.8 Å². The molecule has 0 saturated heterocycles. The van der Waals surface area contributed by atoms with Crippen molar-refractivity contribution < 1.29 is 21.6 Å². The van der Waals surface area contributed by atoms with Crippen molar-refractivity contribution in [3.63, 3.8) is 0 Å². The van der Waals surface area contributed by atoms with E-state index >= 15 is 0 Å². The molecular weight excluding hydrogens is 404 g/mol. The maximum atomic E-state index is 13.0. The molecule has 0 spiro atoms. The molecule has 9 nitrogen and oxygen atoms in total. The Bertz CT molecular complexity index is 1020. The first-order valence-corrected chi connectivity index (χ1v) is 11.8. The maximum Gasteiger partial charge on any atom is 0.280 e. The summed E-state index contributed by atoms with van der Waals surface area (Å²) < 4.78 is 61.9. The molecule has 0 fully saturated rings. The second kappa shape index (κ2) is 8.50. The molecule has 0 amide bonds. The van der Waals surface area contributed by atoms with Gasteiger partial charge in [-0.05, 0) is 32.0 Å². The van der Waals surface area contributed by atoms with Crippen LogP contribution in [0.15, 0.2) is 34.3 Å². The zero-order chi connectivity index (χ0) is 21.1. The van der Waals surface area contributed by atoms with Gasteiger partial charge in [-0.2, -0.15) is 12.7 Å². The molecule has 1 aromatic heterocycles. The van der Waals surface area contributed by atoms with Crippen LogP contribution in [-0.2, 0) is 27.1 Å². The molecule has 2 rings (SSSR count). The summed E-state index contributed by atoms with van der Waals surface area (Å²) in [7, 11) is -6.12. The molecule has 1 heterocycles. The zero-order valence-corrected chi connectivity index (χ0v) is 18.3. The minimum absolute atomic E-state index is 0.0875. The highest BCUT2D eigenvalue weighted by Gasteiger charge is 2.27. The van der Waals surface area contributed by atoms with Gasteiger partial charge in [0.05, 0.1) is 12.3 Å². The van der Waals surface area contributed by atoms with E-state index in [1.165, 1.54) is 28.7 Å². The second-order valence-corrected chi connectivity index (χ2v) is 9.56. The first-order chi connectivity index (χ1) is 13.1. The van der Waals surface area contributed by atoms with Crippen LogP contribution in [-0.4, -0.2) is 50.4 Å². The van der Waals surface area contributed by atoms with Crippen molar-refractivity contribution in [3.05, 3.63) is 30.2 Å². The molecule has 0 radical (unpaired) electrons. The van der Waals surface area contributed by atoms with Crippen LogP contribution in [0.1, 0.15) is 26.6 Å². The molecule has 0 bridgehead atoms. The topological polar surface area (TPSA) is 111 Å². The van der Waals surface area contributed by atoms with Gasteiger partial charge in [0.25, 0.3) is 10.0 Å². The molecule has 0 aliphatic heterocycles. The summed E-state index contributed by atoms with van der Waals surface area (Å²) in [4.78, 5) is 3.92. The first-order valence-electron chi connectivity index (χ1n) is 8.86. The Morgan fingerprint density at radius 3 is 2.29 bits per heavy atom. The van der Waals surface area contributed by atoms with E-state index in [0.29, 0.717) is 5.82 Å². The Hall–Kier alpha value is -2.11. The fourth-order valence-electron chi connectivity index (χ4n) is 2.61. The number of ether oxygens (including phenoxy) is 1. The number of hydrogen-bond donors (Lipinski definition) is 1. The summed E-state index contributed by atoms with van der Waals surface area (Å²) in [5, 5.41) is -0.144. The van der Waals surface area contributed by atoms with Crippen molar-refractivity contribution in [2.45, 2.75) is 37.6 Å². The van der Waals surface area contributed by atoms with E-state index in [2.05, 4.69) is 9.71 Å². The lowest BCUT2D eigenvalue weighted by Gasteiger charge is -2.21. The van der Waals surface area contributed by atoms with Gasteiger partial charge in [-0.3, -0.25) is 4.72 Å². The fraction of sp³-hybridized carbons (Fsp3) is 0.471. The average Bonchev–Trinajstić information content (AvgIpc) is 2.97. The molecule has 2 aromatic rings. The third-order valence-electron chi connectivity index (χ3n) is 4.18. The van der Waals surface area contributed by atoms with Crippen LogP contribution in [0, 0.1) is 6.92 Å². The number of aromatic nitrogens is 2. The van der Waals surface area contributed by atoms with Crippen molar-refractivity contribution >= 4 is 25.7 Å². The van der Waals surface area contributed by atoms with Crippen LogP contribution in [0.25, 0.3) is 0 Å². The number of nitrogens with zero attached hydrogens (tertiary/aromatic N) is 3. The molecule has 1 aromatic carbocycles. The molecular formula is C17H26N4O5S2. The van der Waals surface area contributed by atoms with Crippen molar-refractivity contribution in [1.29, 1.82) is 0 Å². The maximum absolute atomic E-state index is 13.0. The average molecular weight is 431 g/mol. The summed E-state index contributed by atoms with van der Waals surface area (Å²) in [6.07, 6.45) is 1.39. The summed E-state index contributed by atoms with van der Waals surface area (Å²) in [6.45, 7) is 7.74. The Balaban J connectivity index is 2.50. The van der Waals surface area contributed by atoms with Crippen molar-refractivity contribution in [3.8, 4) is 5.75 Å². The quantitative estimate of drug-likeness (QED) is 0.651. The predicted octanol–water partition coefficient (Wildman–Crippen LogP) is 1.96. The Morgan fingerprint density at radius 2 is 1.79 bits per heavy atom. The summed E-state index contributed by atoms with van der Waals surface area (Å²) in [5.41, 5.74) is 0.109. The van der Waals surface area contributed by atoms with Crippen molar-refractivity contribution in [2.24, 2.45) is 7.05 Å². The number of aryl methyl sites for hydroxylation is 2. The van der Waals surface area contributed by atoms with Gasteiger partial charge >= 0.3 is 0 Å². The monoisotopic (exact) mass is 430 g/mol. The third-order valence-corrected chi connectivity index (χ3v) is 7.50. The van der Waals surface area contributed by atoms with Crippen LogP contribution in [0.3, 0.4) is 0 Å². The minimum Gasteiger partial charge on any atom is -0.492 e. The highest BCUT2D eigenvalue weighted by atomic mass is 32.2. The number of anilines is 1. The van der Waals surface area contributed by atoms with Gasteiger partial charge in [0.2, 0.25) is 10.0 Å². The number of hydrogen-bond acceptors (Lipinski definition) is 6. The van der Waals surface area contributed by atoms with E-state index in [0.717, 1.165) is 0 Å². The van der Waals surface area contributed by atoms with Gasteiger partial charge < -0.3 is 9.30 Å². The zero-order valence-electron chi connectivity index (χ0n) is 16.6. The molecule has 0 aliphatic carbocycles. The van der Waals surface area contributed by atoms with Gasteiger partial charge in [0.1, 0.15) is 16.5 Å². The van der Waals surface area contributed by atoms with Crippen LogP contribution >= 0.6 is 0 Å². The van der Waals surface area contributed by atoms with E-state index in [1.807, 2.05) is 0 Å². The highest BCUT2D eigenvalue weighted by molar-refractivity contribution is 7.92. The first kappa shape index (κ1) is 22.2. The largest absolute Gasteiger partial charge is 0.492 e. The second-order valence-electron chi connectivity index (χ2n) is 6.03. The predicted molar refractivity (Wildman–Crippen MR) is 106 cm³/mol. The third kappa shape index (κ3) is 4.47. The SMILES string of the molecule is CCOc1ccc(NS(=O)(=O)c2cn(C)c(C)n2)cc1S(=O)(=O)N(CC)CC. The van der Waals surface area contributed by atoms with Gasteiger partial charge in [-0.1, -0.05) is 13.8 Å². The summed E-state index contributed by atoms with van der Waals surface area (Å²) in [5.74, 6) is 0.711. The summed E-state index contributed by atoms with van der Waals surface area (Å²) >= 11 is 0. The van der Waals surface area contributed by atoms with E-state index in [-0.39, 0.29) is 41.1 Å². The van der Waals surface area contributed by atoms with Gasteiger partial charge in [0, 0.05) is 26.3 Å². The van der Waals surface area contributed by atoms with Gasteiger partial charge in [-0.15, -0.1) is 0 Å². The smallest absolute Gasteiger partial charge is 0.280 e. The highest BCUT2D eigenvalue weighted by Crippen LogP contribution is 2.31. The van der Waals surface area contributed by atoms with Crippen molar-refractivity contribution in [1.82, 2.24) is 13.9 Å². The van der Waals surface area contributed by atoms with Gasteiger partial charge in [0.15, 0.2) is 5.03 Å². The number of benzene rings is 1. The van der Waals surface area contributed by atoms with Crippen LogP contribution < -0.4 is 9.46 Å². The molecule has 0 unspecified atom stereocenters. The molecule has 0 atom stereocenters. The number of sulfonamides is 2. The van der Waals surface area contributed by atoms with Gasteiger partial charge in [-0.25, -0.2) is 13.4 Å². The van der Waals surface area contributed by atoms with Crippen LogP contribution in [0.4, 0.5) is 5.69 Å². The Morgan fingerprint density at radius 1 is 1.14 bits per heavy atom. The Labute approximate surface area is 166 Å². The lowest BCUT2D eigenvalue weighted by Crippen LogP contribution is -2.31. The van der Waals surface area contributed by atoms with Crippen LogP contribution in [0.5, 0.6) is 5.75 Å². The minimum atomic E-state index is -3.96. The van der Waals surface area contributed by atoms with Crippen LogP contribution in [0.2, 0.25) is 0 Å².